The number of nitro groups is 1. The molecule has 1 aromatic carbocycles. The number of nitrogens with one attached hydrogen (secondary N) is 2. The maximum atomic E-state index is 12.1. The van der Waals surface area contributed by atoms with E-state index >= 15 is 0 Å². The van der Waals surface area contributed by atoms with Crippen molar-refractivity contribution in [2.24, 2.45) is 11.8 Å². The highest BCUT2D eigenvalue weighted by Gasteiger charge is 2.23. The first-order valence-electron chi connectivity index (χ1n) is 6.99. The van der Waals surface area contributed by atoms with Gasteiger partial charge in [-0.05, 0) is 24.5 Å². The zero-order valence-corrected chi connectivity index (χ0v) is 12.4. The molecule has 116 valence electrons. The van der Waals surface area contributed by atoms with E-state index in [9.17, 15) is 14.9 Å². The van der Waals surface area contributed by atoms with Crippen LogP contribution in [0.1, 0.15) is 43.5 Å². The van der Waals surface area contributed by atoms with Crippen LogP contribution < -0.4 is 16.6 Å². The second kappa shape index (κ2) is 8.21. The van der Waals surface area contributed by atoms with Crippen LogP contribution >= 0.6 is 0 Å². The quantitative estimate of drug-likeness (QED) is 0.295. The third kappa shape index (κ3) is 5.03. The molecule has 7 nitrogen and oxygen atoms in total. The number of para-hydroxylation sites is 1. The van der Waals surface area contributed by atoms with Crippen LogP contribution in [-0.2, 0) is 0 Å². The van der Waals surface area contributed by atoms with Gasteiger partial charge in [-0.15, -0.1) is 0 Å². The van der Waals surface area contributed by atoms with E-state index in [-0.39, 0.29) is 16.9 Å². The Balaban J connectivity index is 2.68. The number of amides is 1. The van der Waals surface area contributed by atoms with Crippen LogP contribution in [0, 0.1) is 16.0 Å². The summed E-state index contributed by atoms with van der Waals surface area (Å²) >= 11 is 0. The Morgan fingerprint density at radius 1 is 1.38 bits per heavy atom. The SMILES string of the molecule is CC(C)CCCCNC(=O)c1cccc(NN)c1[N+](=O)[O-]. The number of rotatable bonds is 8. The first kappa shape index (κ1) is 16.9. The van der Waals surface area contributed by atoms with Gasteiger partial charge in [0.05, 0.1) is 4.92 Å². The summed E-state index contributed by atoms with van der Waals surface area (Å²) in [6, 6.07) is 4.43. The number of nitrogens with two attached hydrogens (primary N) is 1. The molecule has 0 aliphatic heterocycles. The van der Waals surface area contributed by atoms with Crippen molar-refractivity contribution >= 4 is 17.3 Å². The fourth-order valence-electron chi connectivity index (χ4n) is 2.01. The summed E-state index contributed by atoms with van der Waals surface area (Å²) in [7, 11) is 0. The molecule has 0 saturated carbocycles. The number of carbonyl (C=O) groups excluding carboxylic acids is 1. The van der Waals surface area contributed by atoms with Gasteiger partial charge < -0.3 is 10.7 Å². The molecule has 1 amide bonds. The molecule has 1 rings (SSSR count). The molecule has 4 N–H and O–H groups in total. The predicted octanol–water partition coefficient (Wildman–Crippen LogP) is 2.44. The van der Waals surface area contributed by atoms with Crippen LogP contribution in [0.25, 0.3) is 0 Å². The van der Waals surface area contributed by atoms with Crippen molar-refractivity contribution in [2.75, 3.05) is 12.0 Å². The second-order valence-corrected chi connectivity index (χ2v) is 5.25. The number of nitro benzene ring substituents is 1. The predicted molar refractivity (Wildman–Crippen MR) is 81.9 cm³/mol. The first-order valence-corrected chi connectivity index (χ1v) is 6.99. The Labute approximate surface area is 124 Å². The molecule has 0 heterocycles. The molecule has 21 heavy (non-hydrogen) atoms. The smallest absolute Gasteiger partial charge is 0.306 e. The molecule has 0 aliphatic carbocycles. The Kier molecular flexibility index (Phi) is 6.61. The maximum Gasteiger partial charge on any atom is 0.306 e. The number of hydrazine groups is 1. The number of unbranched alkanes of at least 4 members (excludes halogenated alkanes) is 1. The van der Waals surface area contributed by atoms with Crippen LogP contribution in [0.3, 0.4) is 0 Å². The molecule has 0 aliphatic rings. The zero-order valence-electron chi connectivity index (χ0n) is 12.4. The van der Waals surface area contributed by atoms with E-state index < -0.39 is 10.8 Å². The van der Waals surface area contributed by atoms with Gasteiger partial charge in [0.15, 0.2) is 0 Å². The van der Waals surface area contributed by atoms with Gasteiger partial charge in [0.25, 0.3) is 5.91 Å². The van der Waals surface area contributed by atoms with Gasteiger partial charge in [-0.2, -0.15) is 0 Å². The summed E-state index contributed by atoms with van der Waals surface area (Å²) in [5, 5.41) is 13.8. The van der Waals surface area contributed by atoms with Crippen LogP contribution in [-0.4, -0.2) is 17.4 Å². The number of nitrogens with zero attached hydrogens (tertiary/aromatic N) is 1. The van der Waals surface area contributed by atoms with Crippen molar-refractivity contribution in [3.63, 3.8) is 0 Å². The normalized spacial score (nSPS) is 10.5. The van der Waals surface area contributed by atoms with E-state index in [4.69, 9.17) is 5.84 Å². The molecule has 0 unspecified atom stereocenters. The minimum Gasteiger partial charge on any atom is -0.352 e. The number of nitrogen functional groups attached to an aromatic ring is 1. The van der Waals surface area contributed by atoms with Crippen molar-refractivity contribution < 1.29 is 9.72 Å². The van der Waals surface area contributed by atoms with Crippen LogP contribution in [0.2, 0.25) is 0 Å². The lowest BCUT2D eigenvalue weighted by atomic mass is 10.1. The zero-order chi connectivity index (χ0) is 15.8. The highest BCUT2D eigenvalue weighted by molar-refractivity contribution is 6.00. The van der Waals surface area contributed by atoms with Gasteiger partial charge >= 0.3 is 5.69 Å². The number of anilines is 1. The van der Waals surface area contributed by atoms with E-state index in [1.54, 1.807) is 6.07 Å². The molecule has 1 aromatic rings. The molecular weight excluding hydrogens is 272 g/mol. The summed E-state index contributed by atoms with van der Waals surface area (Å²) in [5.74, 6) is 5.42. The topological polar surface area (TPSA) is 110 Å². The van der Waals surface area contributed by atoms with E-state index in [0.29, 0.717) is 12.5 Å². The van der Waals surface area contributed by atoms with Crippen molar-refractivity contribution in [2.45, 2.75) is 33.1 Å². The lowest BCUT2D eigenvalue weighted by molar-refractivity contribution is -0.384. The summed E-state index contributed by atoms with van der Waals surface area (Å²) in [5.41, 5.74) is 2.06. The third-order valence-corrected chi connectivity index (χ3v) is 3.11. The molecule has 0 atom stereocenters. The fraction of sp³-hybridized carbons (Fsp3) is 0.500. The number of carbonyl (C=O) groups is 1. The summed E-state index contributed by atoms with van der Waals surface area (Å²) in [4.78, 5) is 22.5. The van der Waals surface area contributed by atoms with Crippen molar-refractivity contribution in [3.05, 3.63) is 33.9 Å². The van der Waals surface area contributed by atoms with E-state index in [1.807, 2.05) is 0 Å². The van der Waals surface area contributed by atoms with Crippen molar-refractivity contribution in [3.8, 4) is 0 Å². The number of hydrogen-bond acceptors (Lipinski definition) is 5. The highest BCUT2D eigenvalue weighted by Crippen LogP contribution is 2.27. The van der Waals surface area contributed by atoms with Crippen molar-refractivity contribution in [1.29, 1.82) is 0 Å². The number of hydrogen-bond donors (Lipinski definition) is 3. The van der Waals surface area contributed by atoms with Gasteiger partial charge in [-0.25, -0.2) is 0 Å². The second-order valence-electron chi connectivity index (χ2n) is 5.25. The summed E-state index contributed by atoms with van der Waals surface area (Å²) < 4.78 is 0. The Hall–Kier alpha value is -2.15. The van der Waals surface area contributed by atoms with E-state index in [0.717, 1.165) is 19.3 Å². The third-order valence-electron chi connectivity index (χ3n) is 3.11. The van der Waals surface area contributed by atoms with Crippen LogP contribution in [0.5, 0.6) is 0 Å². The van der Waals surface area contributed by atoms with Gasteiger partial charge in [0.2, 0.25) is 0 Å². The van der Waals surface area contributed by atoms with Gasteiger partial charge in [0, 0.05) is 6.54 Å². The highest BCUT2D eigenvalue weighted by atomic mass is 16.6. The standard InChI is InChI=1S/C14H22N4O3/c1-10(2)6-3-4-9-16-14(19)11-7-5-8-12(17-15)13(11)18(20)21/h5,7-8,10,17H,3-4,6,9,15H2,1-2H3,(H,16,19). The van der Waals surface area contributed by atoms with Crippen LogP contribution in [0.4, 0.5) is 11.4 Å². The molecule has 0 radical (unpaired) electrons. The van der Waals surface area contributed by atoms with Gasteiger partial charge in [-0.3, -0.25) is 20.8 Å². The lowest BCUT2D eigenvalue weighted by Crippen LogP contribution is -2.25. The summed E-state index contributed by atoms with van der Waals surface area (Å²) in [6.45, 7) is 4.80. The molecular formula is C14H22N4O3. The first-order chi connectivity index (χ1) is 9.97. The lowest BCUT2D eigenvalue weighted by Gasteiger charge is -2.09. The monoisotopic (exact) mass is 294 g/mol. The largest absolute Gasteiger partial charge is 0.352 e. The Bertz CT molecular complexity index is 503. The Morgan fingerprint density at radius 2 is 2.10 bits per heavy atom. The summed E-state index contributed by atoms with van der Waals surface area (Å²) in [6.07, 6.45) is 2.97. The van der Waals surface area contributed by atoms with E-state index in [2.05, 4.69) is 24.6 Å². The fourth-order valence-corrected chi connectivity index (χ4v) is 2.01. The number of benzene rings is 1. The van der Waals surface area contributed by atoms with Crippen LogP contribution in [0.15, 0.2) is 18.2 Å². The molecule has 0 aromatic heterocycles. The average Bonchev–Trinajstić information content (AvgIpc) is 2.45. The van der Waals surface area contributed by atoms with Crippen molar-refractivity contribution in [1.82, 2.24) is 5.32 Å². The molecule has 0 spiro atoms. The molecule has 7 heteroatoms. The Morgan fingerprint density at radius 3 is 2.67 bits per heavy atom. The van der Waals surface area contributed by atoms with Gasteiger partial charge in [-0.1, -0.05) is 32.8 Å². The van der Waals surface area contributed by atoms with Gasteiger partial charge in [0.1, 0.15) is 11.3 Å². The molecule has 0 bridgehead atoms. The minimum absolute atomic E-state index is 0.0132. The molecule has 0 fully saturated rings. The maximum absolute atomic E-state index is 12.1. The average molecular weight is 294 g/mol. The molecule has 0 saturated heterocycles. The van der Waals surface area contributed by atoms with E-state index in [1.165, 1.54) is 12.1 Å². The minimum atomic E-state index is -0.608.